The molecule has 3 aromatic heterocycles. The molecule has 8 atom stereocenters. The average Bonchev–Trinajstić information content (AvgIpc) is 1.79. The lowest BCUT2D eigenvalue weighted by Gasteiger charge is -2.38. The van der Waals surface area contributed by atoms with Crippen LogP contribution in [0.1, 0.15) is 97.6 Å². The molecule has 0 spiro atoms. The molecular weight excluding hydrogens is 1340 g/mol. The summed E-state index contributed by atoms with van der Waals surface area (Å²) in [7, 11) is 0. The van der Waals surface area contributed by atoms with Crippen molar-refractivity contribution in [3.05, 3.63) is 161 Å². The second-order valence-corrected chi connectivity index (χ2v) is 27.7. The quantitative estimate of drug-likeness (QED) is 0.0603. The van der Waals surface area contributed by atoms with Crippen LogP contribution >= 0.6 is 23.5 Å². The molecule has 101 heavy (non-hydrogen) atoms. The molecule has 4 aromatic carbocycles. The molecule has 536 valence electrons. The Kier molecular flexibility index (Phi) is 27.2. The Morgan fingerprint density at radius 3 is 1.93 bits per heavy atom. The fourth-order valence-corrected chi connectivity index (χ4v) is 14.5. The first kappa shape index (κ1) is 75.3. The number of nitrogens with two attached hydrogens (primary N) is 2. The summed E-state index contributed by atoms with van der Waals surface area (Å²) < 4.78 is 29.9. The maximum atomic E-state index is 15.2. The first-order valence-corrected chi connectivity index (χ1v) is 35.9. The number of unbranched alkanes of at least 4 members (excludes halogenated alkanes) is 1. The van der Waals surface area contributed by atoms with Gasteiger partial charge in [0.1, 0.15) is 47.6 Å². The number of carbonyl (C=O) groups is 11. The summed E-state index contributed by atoms with van der Waals surface area (Å²) in [4.78, 5) is 168. The van der Waals surface area contributed by atoms with Gasteiger partial charge in [0.25, 0.3) is 0 Å². The third kappa shape index (κ3) is 21.8. The summed E-state index contributed by atoms with van der Waals surface area (Å²) in [6.07, 6.45) is 5.07. The van der Waals surface area contributed by atoms with E-state index < -0.39 is 157 Å². The minimum absolute atomic E-state index is 0.0279. The number of phenols is 1. The summed E-state index contributed by atoms with van der Waals surface area (Å²) in [6.45, 7) is -0.245. The summed E-state index contributed by atoms with van der Waals surface area (Å²) in [5.41, 5.74) is 16.1. The molecule has 15 N–H and O–H groups in total. The predicted molar refractivity (Wildman–Crippen MR) is 376 cm³/mol. The van der Waals surface area contributed by atoms with E-state index in [0.29, 0.717) is 88.0 Å². The molecule has 0 saturated carbocycles. The Bertz CT molecular complexity index is 4110. The van der Waals surface area contributed by atoms with Crippen LogP contribution < -0.4 is 43.4 Å². The second-order valence-electron chi connectivity index (χ2n) is 25.6. The number of amides is 8. The smallest absolute Gasteiger partial charge is 0.305 e. The van der Waals surface area contributed by atoms with Crippen molar-refractivity contribution < 1.29 is 71.7 Å². The number of aliphatic carboxylic acids is 1. The van der Waals surface area contributed by atoms with Gasteiger partial charge in [0, 0.05) is 120 Å². The number of aromatic amines is 3. The summed E-state index contributed by atoms with van der Waals surface area (Å²) >= 11 is 2.82. The number of carboxylic acid groups (broad SMARTS) is 1. The largest absolute Gasteiger partial charge is 0.508 e. The van der Waals surface area contributed by atoms with Crippen LogP contribution in [0, 0.1) is 23.5 Å². The van der Waals surface area contributed by atoms with Crippen LogP contribution in [0.3, 0.4) is 0 Å². The molecule has 0 radical (unpaired) electrons. The number of Topliss-reactive ketones (excluding diaryl/α,β-unsaturated/α-hetero) is 2. The molecule has 25 nitrogen and oxygen atoms in total. The van der Waals surface area contributed by atoms with Crippen molar-refractivity contribution in [3.8, 4) is 5.75 Å². The molecule has 5 heterocycles. The van der Waals surface area contributed by atoms with Gasteiger partial charge in [-0.25, -0.2) is 8.78 Å². The summed E-state index contributed by atoms with van der Waals surface area (Å²) in [5.74, 6) is -12.1. The maximum Gasteiger partial charge on any atom is 0.305 e. The van der Waals surface area contributed by atoms with Gasteiger partial charge in [-0.1, -0.05) is 36.4 Å². The van der Waals surface area contributed by atoms with Gasteiger partial charge in [0.15, 0.2) is 11.6 Å². The van der Waals surface area contributed by atoms with E-state index in [2.05, 4.69) is 46.9 Å². The first-order chi connectivity index (χ1) is 48.6. The van der Waals surface area contributed by atoms with Crippen LogP contribution in [-0.2, 0) is 89.9 Å². The molecule has 9 rings (SSSR count). The molecule has 0 unspecified atom stereocenters. The van der Waals surface area contributed by atoms with Crippen LogP contribution in [0.15, 0.2) is 116 Å². The van der Waals surface area contributed by atoms with Gasteiger partial charge in [0.05, 0.1) is 19.0 Å². The van der Waals surface area contributed by atoms with E-state index in [1.807, 2.05) is 24.3 Å². The van der Waals surface area contributed by atoms with Crippen molar-refractivity contribution in [1.82, 2.24) is 51.8 Å². The van der Waals surface area contributed by atoms with Gasteiger partial charge in [-0.2, -0.15) is 23.5 Å². The fourth-order valence-electron chi connectivity index (χ4n) is 12.6. The fraction of sp³-hybridized carbons (Fsp3) is 0.403. The molecule has 8 amide bonds. The highest BCUT2D eigenvalue weighted by Crippen LogP contribution is 2.28. The Hall–Kier alpha value is -9.87. The minimum atomic E-state index is -1.90. The predicted octanol–water partition coefficient (Wildman–Crippen LogP) is 4.96. The van der Waals surface area contributed by atoms with Gasteiger partial charge < -0.3 is 73.4 Å². The van der Waals surface area contributed by atoms with E-state index in [9.17, 15) is 52.6 Å². The number of H-pyrrole nitrogens is 3. The number of primary amides is 1. The van der Waals surface area contributed by atoms with Crippen molar-refractivity contribution in [2.24, 2.45) is 23.3 Å². The highest BCUT2D eigenvalue weighted by atomic mass is 32.2. The van der Waals surface area contributed by atoms with E-state index in [-0.39, 0.29) is 62.1 Å². The molecule has 1 saturated heterocycles. The average molecular weight is 1430 g/mol. The Balaban J connectivity index is 1.06. The van der Waals surface area contributed by atoms with Gasteiger partial charge in [-0.05, 0) is 146 Å². The Morgan fingerprint density at radius 2 is 1.28 bits per heavy atom. The number of halogens is 2. The lowest BCUT2D eigenvalue weighted by molar-refractivity contribution is -0.146. The molecule has 7 aromatic rings. The van der Waals surface area contributed by atoms with E-state index in [1.54, 1.807) is 18.5 Å². The van der Waals surface area contributed by atoms with Gasteiger partial charge in [0.2, 0.25) is 47.3 Å². The van der Waals surface area contributed by atoms with Crippen LogP contribution in [-0.4, -0.2) is 162 Å². The van der Waals surface area contributed by atoms with Crippen LogP contribution in [0.4, 0.5) is 8.78 Å². The normalized spacial score (nSPS) is 22.2. The van der Waals surface area contributed by atoms with Crippen molar-refractivity contribution >= 4 is 110 Å². The van der Waals surface area contributed by atoms with Crippen LogP contribution in [0.5, 0.6) is 5.75 Å². The number of aromatic hydroxyl groups is 1. The third-order valence-electron chi connectivity index (χ3n) is 18.0. The van der Waals surface area contributed by atoms with E-state index in [1.165, 1.54) is 101 Å². The number of fused-ring (bicyclic) bond motifs is 5. The monoisotopic (exact) mass is 1430 g/mol. The zero-order valence-corrected chi connectivity index (χ0v) is 57.1. The SMILES string of the molecule is NCCCC[C@@H]1NC(=O)CCSCc2cccc(c2)CSC[C@@H](C(N)=O)NC(=O)[C@@H]2CCCCN2C(=O)[C@H](Cc2ccc(O)cc2)NC(=O)[C@H](Cc2cc[nH]c2)CC(=O)[C@H](CC(=O)O)NC(=O)[C@H](Cc2c[nH]c3ccc(F)cc23)NC(=O)[C@H](Cc2c[nH]c3ccc(F)cc23)CC(=O)CNC1=O. The van der Waals surface area contributed by atoms with Crippen LogP contribution in [0.2, 0.25) is 0 Å². The molecule has 29 heteroatoms. The number of hydrogen-bond acceptors (Lipinski definition) is 15. The van der Waals surface area contributed by atoms with E-state index in [4.69, 9.17) is 11.5 Å². The third-order valence-corrected chi connectivity index (χ3v) is 20.1. The van der Waals surface area contributed by atoms with Crippen LogP contribution in [0.25, 0.3) is 21.8 Å². The second kappa shape index (κ2) is 36.5. The molecular formula is C72H84F2N12O13S2. The number of hydrogen-bond donors (Lipinski definition) is 13. The number of carboxylic acids is 1. The number of thioether (sulfide) groups is 2. The number of ketones is 2. The number of nitrogens with zero attached hydrogens (tertiary/aromatic N) is 1. The number of carbonyl (C=O) groups excluding carboxylic acids is 10. The first-order valence-electron chi connectivity index (χ1n) is 33.6. The van der Waals surface area contributed by atoms with Crippen molar-refractivity contribution in [2.75, 3.05) is 31.1 Å². The minimum Gasteiger partial charge on any atom is -0.508 e. The molecule has 2 aliphatic rings. The maximum absolute atomic E-state index is 15.2. The summed E-state index contributed by atoms with van der Waals surface area (Å²) in [6, 6.07) is 14.5. The number of rotatable bonds is 15. The highest BCUT2D eigenvalue weighted by Gasteiger charge is 2.40. The molecule has 2 aliphatic heterocycles. The number of phenolic OH excluding ortho intramolecular Hbond substituents is 1. The lowest BCUT2D eigenvalue weighted by Crippen LogP contribution is -2.60. The lowest BCUT2D eigenvalue weighted by atomic mass is 9.90. The Labute approximate surface area is 589 Å². The molecule has 1 fully saturated rings. The van der Waals surface area contributed by atoms with Gasteiger partial charge in [-0.3, -0.25) is 52.7 Å². The van der Waals surface area contributed by atoms with Crippen molar-refractivity contribution in [1.29, 1.82) is 0 Å². The molecule has 2 bridgehead atoms. The van der Waals surface area contributed by atoms with Crippen molar-refractivity contribution in [3.63, 3.8) is 0 Å². The van der Waals surface area contributed by atoms with E-state index >= 15 is 19.2 Å². The highest BCUT2D eigenvalue weighted by molar-refractivity contribution is 7.98. The van der Waals surface area contributed by atoms with Crippen molar-refractivity contribution in [2.45, 2.75) is 138 Å². The number of aromatic nitrogens is 3. The number of nitrogens with one attached hydrogen (secondary N) is 9. The standard InChI is InChI=1S/C72H84F2N12O13S2/c73-49-12-16-55-53(31-49)47(35-78-55)27-46-28-52(88)37-80-69(96)57(8-1-3-20-75)81-64(90)19-23-100-38-43-6-5-7-44(24-43)39-101-40-61(66(76)93)85-71(98)62-9-2-4-22-86(62)72(99)60(26-41-10-14-51(87)15-11-41)84-67(94)45(25-42-18-21-77-34-42)30-63(89)58(33-65(91)92)82-70(97)59(83-68(46)95)29-48-36-79-56-17-13-50(74)32-54(48)56/h5-7,10-18,21,24,31-32,34-36,45-46,57-62,77-79,87H,1-4,8-9,19-20,22-23,25-30,33,37-40,75H2,(H2,76,93)(H,80,96)(H,81,90)(H,82,97)(H,83,95)(H,84,94)(H,85,98)(H,91,92)/t45-,46-,57+,58+,59+,60+,61+,62+/m1/s1. The van der Waals surface area contributed by atoms with E-state index in [0.717, 1.165) is 11.1 Å². The molecule has 0 aliphatic carbocycles. The Morgan fingerprint density at radius 1 is 0.624 bits per heavy atom. The van der Waals surface area contributed by atoms with Gasteiger partial charge >= 0.3 is 5.97 Å². The van der Waals surface area contributed by atoms with Gasteiger partial charge in [-0.15, -0.1) is 0 Å². The zero-order valence-electron chi connectivity index (χ0n) is 55.5. The zero-order chi connectivity index (χ0) is 72.1. The topological polar surface area (TPSA) is 403 Å². The number of piperidine rings is 1. The number of benzene rings is 4. The summed E-state index contributed by atoms with van der Waals surface area (Å²) in [5, 5.41) is 37.5.